The molecule has 0 bridgehead atoms. The van der Waals surface area contributed by atoms with Crippen LogP contribution in [-0.2, 0) is 0 Å². The van der Waals surface area contributed by atoms with Crippen molar-refractivity contribution in [3.8, 4) is 11.4 Å². The van der Waals surface area contributed by atoms with Crippen molar-refractivity contribution in [2.45, 2.75) is 13.8 Å². The lowest BCUT2D eigenvalue weighted by Crippen LogP contribution is -2.13. The molecule has 4 aromatic rings. The largest absolute Gasteiger partial charge is 0.338 e. The van der Waals surface area contributed by atoms with Crippen molar-refractivity contribution in [1.29, 1.82) is 0 Å². The first-order valence-corrected chi connectivity index (χ1v) is 8.54. The number of imidazole rings is 1. The monoisotopic (exact) mass is 341 g/mol. The number of fused-ring (bicyclic) bond motifs is 1. The molecule has 26 heavy (non-hydrogen) atoms. The number of nitrogens with zero attached hydrogens (tertiary/aromatic N) is 1. The molecule has 128 valence electrons. The molecule has 4 rings (SSSR count). The molecule has 0 saturated carbocycles. The highest BCUT2D eigenvalue weighted by Gasteiger charge is 2.11. The van der Waals surface area contributed by atoms with Crippen LogP contribution in [0.4, 0.5) is 5.69 Å². The third-order valence-electron chi connectivity index (χ3n) is 4.43. The van der Waals surface area contributed by atoms with E-state index in [0.717, 1.165) is 39.2 Å². The summed E-state index contributed by atoms with van der Waals surface area (Å²) in [5.41, 5.74) is 6.36. The predicted octanol–water partition coefficient (Wildman–Crippen LogP) is 5.10. The number of benzene rings is 3. The van der Waals surface area contributed by atoms with Crippen molar-refractivity contribution in [3.63, 3.8) is 0 Å². The van der Waals surface area contributed by atoms with E-state index in [2.05, 4.69) is 15.3 Å². The first-order valence-electron chi connectivity index (χ1n) is 8.54. The van der Waals surface area contributed by atoms with E-state index in [-0.39, 0.29) is 5.91 Å². The van der Waals surface area contributed by atoms with Gasteiger partial charge in [-0.3, -0.25) is 4.79 Å². The average Bonchev–Trinajstić information content (AvgIpc) is 3.07. The quantitative estimate of drug-likeness (QED) is 0.545. The Morgan fingerprint density at radius 3 is 2.62 bits per heavy atom. The first kappa shape index (κ1) is 16.1. The number of aromatic nitrogens is 2. The van der Waals surface area contributed by atoms with Crippen LogP contribution in [-0.4, -0.2) is 15.9 Å². The van der Waals surface area contributed by atoms with Gasteiger partial charge in [-0.05, 0) is 49.7 Å². The molecule has 1 aromatic heterocycles. The average molecular weight is 341 g/mol. The van der Waals surface area contributed by atoms with E-state index < -0.39 is 0 Å². The number of para-hydroxylation sites is 2. The maximum Gasteiger partial charge on any atom is 0.255 e. The third kappa shape index (κ3) is 3.09. The lowest BCUT2D eigenvalue weighted by Gasteiger charge is -2.10. The number of aryl methyl sites for hydroxylation is 2. The summed E-state index contributed by atoms with van der Waals surface area (Å²) < 4.78 is 0. The Bertz CT molecular complexity index is 1080. The molecule has 0 aliphatic rings. The van der Waals surface area contributed by atoms with E-state index in [1.54, 1.807) is 0 Å². The first-order chi connectivity index (χ1) is 12.6. The fourth-order valence-electron chi connectivity index (χ4n) is 2.97. The maximum absolute atomic E-state index is 12.6. The third-order valence-corrected chi connectivity index (χ3v) is 4.43. The van der Waals surface area contributed by atoms with Gasteiger partial charge in [-0.1, -0.05) is 42.0 Å². The van der Waals surface area contributed by atoms with Crippen molar-refractivity contribution < 1.29 is 4.79 Å². The van der Waals surface area contributed by atoms with Crippen LogP contribution >= 0.6 is 0 Å². The lowest BCUT2D eigenvalue weighted by atomic mass is 10.1. The number of carbonyl (C=O) groups excluding carboxylic acids is 1. The number of amides is 1. The van der Waals surface area contributed by atoms with Gasteiger partial charge >= 0.3 is 0 Å². The molecule has 4 nitrogen and oxygen atoms in total. The minimum absolute atomic E-state index is 0.112. The standard InChI is InChI=1S/C22H19N3O/c1-14-6-5-7-17(12-14)22(26)25-20-13-16(11-10-15(20)2)21-23-18-8-3-4-9-19(18)24-21/h3-13H,1-2H3,(H,23,24)(H,25,26). The Morgan fingerprint density at radius 1 is 0.962 bits per heavy atom. The molecule has 0 radical (unpaired) electrons. The number of nitrogens with one attached hydrogen (secondary N) is 2. The highest BCUT2D eigenvalue weighted by Crippen LogP contribution is 2.26. The minimum Gasteiger partial charge on any atom is -0.338 e. The predicted molar refractivity (Wildman–Crippen MR) is 105 cm³/mol. The van der Waals surface area contributed by atoms with E-state index >= 15 is 0 Å². The number of carbonyl (C=O) groups is 1. The molecule has 1 amide bonds. The van der Waals surface area contributed by atoms with E-state index in [0.29, 0.717) is 5.56 Å². The molecular weight excluding hydrogens is 322 g/mol. The summed E-state index contributed by atoms with van der Waals surface area (Å²) in [4.78, 5) is 20.5. The van der Waals surface area contributed by atoms with E-state index in [1.165, 1.54) is 0 Å². The summed E-state index contributed by atoms with van der Waals surface area (Å²) in [6.07, 6.45) is 0. The molecule has 3 aromatic carbocycles. The van der Waals surface area contributed by atoms with E-state index in [1.807, 2.05) is 80.6 Å². The van der Waals surface area contributed by atoms with Crippen LogP contribution in [0.2, 0.25) is 0 Å². The summed E-state index contributed by atoms with van der Waals surface area (Å²) in [7, 11) is 0. The van der Waals surface area contributed by atoms with E-state index in [4.69, 9.17) is 0 Å². The SMILES string of the molecule is Cc1cccc(C(=O)Nc2cc(-c3nc4ccccc4[nH]3)ccc2C)c1. The fraction of sp³-hybridized carbons (Fsp3) is 0.0909. The molecule has 0 aliphatic carbocycles. The van der Waals surface area contributed by atoms with Crippen LogP contribution in [0.15, 0.2) is 66.7 Å². The number of hydrogen-bond donors (Lipinski definition) is 2. The zero-order chi connectivity index (χ0) is 18.1. The number of H-pyrrole nitrogens is 1. The molecule has 0 aliphatic heterocycles. The second-order valence-corrected chi connectivity index (χ2v) is 6.46. The van der Waals surface area contributed by atoms with Crippen LogP contribution in [0.3, 0.4) is 0 Å². The van der Waals surface area contributed by atoms with Gasteiger partial charge in [0.25, 0.3) is 5.91 Å². The Balaban J connectivity index is 1.67. The van der Waals surface area contributed by atoms with Crippen molar-refractivity contribution in [1.82, 2.24) is 9.97 Å². The molecule has 1 heterocycles. The maximum atomic E-state index is 12.6. The van der Waals surface area contributed by atoms with Gasteiger partial charge in [0, 0.05) is 16.8 Å². The molecule has 0 atom stereocenters. The number of anilines is 1. The van der Waals surface area contributed by atoms with Gasteiger partial charge in [0.05, 0.1) is 11.0 Å². The Hall–Kier alpha value is -3.40. The lowest BCUT2D eigenvalue weighted by molar-refractivity contribution is 0.102. The van der Waals surface area contributed by atoms with Crippen LogP contribution in [0.25, 0.3) is 22.4 Å². The van der Waals surface area contributed by atoms with Gasteiger partial charge in [-0.2, -0.15) is 0 Å². The summed E-state index contributed by atoms with van der Waals surface area (Å²) in [5, 5.41) is 3.02. The number of aromatic amines is 1. The van der Waals surface area contributed by atoms with E-state index in [9.17, 15) is 4.79 Å². The smallest absolute Gasteiger partial charge is 0.255 e. The van der Waals surface area contributed by atoms with Crippen molar-refractivity contribution >= 4 is 22.6 Å². The summed E-state index contributed by atoms with van der Waals surface area (Å²) >= 11 is 0. The topological polar surface area (TPSA) is 57.8 Å². The van der Waals surface area contributed by atoms with Gasteiger partial charge < -0.3 is 10.3 Å². The van der Waals surface area contributed by atoms with Crippen molar-refractivity contribution in [2.75, 3.05) is 5.32 Å². The number of hydrogen-bond acceptors (Lipinski definition) is 2. The fourth-order valence-corrected chi connectivity index (χ4v) is 2.97. The van der Waals surface area contributed by atoms with Crippen molar-refractivity contribution in [2.24, 2.45) is 0 Å². The zero-order valence-electron chi connectivity index (χ0n) is 14.7. The second-order valence-electron chi connectivity index (χ2n) is 6.46. The highest BCUT2D eigenvalue weighted by atomic mass is 16.1. The van der Waals surface area contributed by atoms with Crippen LogP contribution in [0.5, 0.6) is 0 Å². The molecule has 4 heteroatoms. The Labute approximate surface area is 151 Å². The number of rotatable bonds is 3. The summed E-state index contributed by atoms with van der Waals surface area (Å²) in [5.74, 6) is 0.677. The van der Waals surface area contributed by atoms with Gasteiger partial charge in [-0.15, -0.1) is 0 Å². The Morgan fingerprint density at radius 2 is 1.81 bits per heavy atom. The summed E-state index contributed by atoms with van der Waals surface area (Å²) in [6.45, 7) is 3.96. The normalized spacial score (nSPS) is 10.8. The molecule has 0 spiro atoms. The van der Waals surface area contributed by atoms with Gasteiger partial charge in [0.1, 0.15) is 5.82 Å². The van der Waals surface area contributed by atoms with Crippen molar-refractivity contribution in [3.05, 3.63) is 83.4 Å². The molecule has 2 N–H and O–H groups in total. The minimum atomic E-state index is -0.112. The molecule has 0 saturated heterocycles. The molecular formula is C22H19N3O. The van der Waals surface area contributed by atoms with Crippen LogP contribution in [0, 0.1) is 13.8 Å². The Kier molecular flexibility index (Phi) is 4.01. The second kappa shape index (κ2) is 6.48. The van der Waals surface area contributed by atoms with Gasteiger partial charge in [-0.25, -0.2) is 4.98 Å². The van der Waals surface area contributed by atoms with Crippen LogP contribution in [0.1, 0.15) is 21.5 Å². The van der Waals surface area contributed by atoms with Crippen LogP contribution < -0.4 is 5.32 Å². The zero-order valence-corrected chi connectivity index (χ0v) is 14.7. The van der Waals surface area contributed by atoms with Gasteiger partial charge in [0.15, 0.2) is 0 Å². The molecule has 0 unspecified atom stereocenters. The van der Waals surface area contributed by atoms with Gasteiger partial charge in [0.2, 0.25) is 0 Å². The summed E-state index contributed by atoms with van der Waals surface area (Å²) in [6, 6.07) is 21.5. The highest BCUT2D eigenvalue weighted by molar-refractivity contribution is 6.05. The molecule has 0 fully saturated rings.